The number of allylic oxidation sites excluding steroid dienone is 3. The fourth-order valence-corrected chi connectivity index (χ4v) is 6.83. The molecule has 0 aromatic carbocycles. The van der Waals surface area contributed by atoms with Crippen molar-refractivity contribution < 1.29 is 41.8 Å². The van der Waals surface area contributed by atoms with Gasteiger partial charge in [0, 0.05) is 18.3 Å². The Kier molecular flexibility index (Phi) is 8.37. The third kappa shape index (κ3) is 6.69. The van der Waals surface area contributed by atoms with Crippen molar-refractivity contribution in [2.24, 2.45) is 11.8 Å². The number of amides is 4. The van der Waals surface area contributed by atoms with E-state index >= 15 is 0 Å². The molecule has 4 aliphatic rings. The van der Waals surface area contributed by atoms with Gasteiger partial charge in [-0.15, -0.1) is 6.58 Å². The van der Waals surface area contributed by atoms with Gasteiger partial charge in [-0.25, -0.2) is 17.6 Å². The molecule has 0 bridgehead atoms. The number of alkyl carbamates (subject to hydrolysis) is 1. The van der Waals surface area contributed by atoms with Crippen LogP contribution in [-0.2, 0) is 29.1 Å². The molecule has 4 N–H and O–H groups in total. The maximum absolute atomic E-state index is 14.0. The number of rotatable bonds is 9. The fourth-order valence-electron chi connectivity index (χ4n) is 5.47. The topological polar surface area (TPSA) is 171 Å². The summed E-state index contributed by atoms with van der Waals surface area (Å²) in [5, 5.41) is 16.0. The molecule has 4 amide bonds. The molecule has 4 rings (SSSR count). The number of halogens is 1. The van der Waals surface area contributed by atoms with Crippen LogP contribution in [0.25, 0.3) is 0 Å². The third-order valence-corrected chi connectivity index (χ3v) is 9.94. The summed E-state index contributed by atoms with van der Waals surface area (Å²) in [5.41, 5.74) is -3.62. The van der Waals surface area contributed by atoms with E-state index in [1.165, 1.54) is 18.2 Å². The van der Waals surface area contributed by atoms with Crippen molar-refractivity contribution in [1.29, 1.82) is 0 Å². The molecule has 0 radical (unpaired) electrons. The lowest BCUT2D eigenvalue weighted by Crippen LogP contribution is -2.57. The number of sulfonamides is 1. The lowest BCUT2D eigenvalue weighted by atomic mass is 9.79. The third-order valence-electron chi connectivity index (χ3n) is 8.12. The second kappa shape index (κ2) is 11.1. The highest BCUT2D eigenvalue weighted by Gasteiger charge is 2.62. The highest BCUT2D eigenvalue weighted by molar-refractivity contribution is 7.91. The van der Waals surface area contributed by atoms with Crippen LogP contribution in [0.3, 0.4) is 0 Å². The van der Waals surface area contributed by atoms with Crippen LogP contribution in [0.15, 0.2) is 36.2 Å². The van der Waals surface area contributed by atoms with Gasteiger partial charge in [-0.2, -0.15) is 0 Å². The predicted molar refractivity (Wildman–Crippen MR) is 150 cm³/mol. The lowest BCUT2D eigenvalue weighted by Gasteiger charge is -2.32. The number of ether oxygens (including phenoxy) is 1. The first kappa shape index (κ1) is 31.7. The van der Waals surface area contributed by atoms with Gasteiger partial charge in [-0.3, -0.25) is 19.1 Å². The number of hydrogen-bond acceptors (Lipinski definition) is 8. The number of carbonyl (C=O) groups excluding carboxylic acids is 4. The summed E-state index contributed by atoms with van der Waals surface area (Å²) in [5.74, 6) is -3.95. The maximum atomic E-state index is 14.0. The van der Waals surface area contributed by atoms with Crippen LogP contribution >= 0.6 is 0 Å². The molecule has 0 aromatic rings. The van der Waals surface area contributed by atoms with Crippen molar-refractivity contribution in [3.05, 3.63) is 36.2 Å². The van der Waals surface area contributed by atoms with Gasteiger partial charge in [0.05, 0.1) is 17.4 Å². The zero-order valence-electron chi connectivity index (χ0n) is 24.2. The molecule has 12 nitrogen and oxygen atoms in total. The second-order valence-corrected chi connectivity index (χ2v) is 14.6. The zero-order chi connectivity index (χ0) is 31.3. The minimum atomic E-state index is -3.90. The Hall–Kier alpha value is -3.26. The monoisotopic (exact) mass is 610 g/mol. The standard InChI is InChI=1S/C28H39FN4O8S/c1-6-17-12-28(17,24(36)32-42(39,40)19-8-9-19)31-23(35)21-13-27(38,18-7-10-20(29)16(2)11-18)15-33(21)22(34)14-30-25(37)41-26(3,4)5/h6-7,10,17-19,21,38H,1,8-9,11-15H2,2-5H3,(H,30,37)(H,31,35)(H,32,36)/t17-,18?,21+,27+,28-/m1/s1. The molecular formula is C28H39FN4O8S. The van der Waals surface area contributed by atoms with Gasteiger partial charge < -0.3 is 25.4 Å². The van der Waals surface area contributed by atoms with Crippen LogP contribution in [-0.4, -0.2) is 83.4 Å². The number of aliphatic hydroxyl groups is 1. The molecule has 5 atom stereocenters. The number of nitrogens with zero attached hydrogens (tertiary/aromatic N) is 1. The average Bonchev–Trinajstić information content (AvgIpc) is 3.80. The zero-order valence-corrected chi connectivity index (χ0v) is 25.1. The van der Waals surface area contributed by atoms with E-state index in [1.54, 1.807) is 27.7 Å². The number of likely N-dealkylation sites (tertiary alicyclic amines) is 1. The van der Waals surface area contributed by atoms with Crippen LogP contribution in [0, 0.1) is 11.8 Å². The van der Waals surface area contributed by atoms with Crippen molar-refractivity contribution in [3.8, 4) is 0 Å². The van der Waals surface area contributed by atoms with Gasteiger partial charge in [0.15, 0.2) is 0 Å². The summed E-state index contributed by atoms with van der Waals surface area (Å²) in [6.07, 6.45) is 4.24. The highest BCUT2D eigenvalue weighted by atomic mass is 32.2. The smallest absolute Gasteiger partial charge is 0.408 e. The Morgan fingerprint density at radius 3 is 2.45 bits per heavy atom. The van der Waals surface area contributed by atoms with E-state index in [4.69, 9.17) is 4.74 Å². The van der Waals surface area contributed by atoms with E-state index in [1.807, 2.05) is 0 Å². The minimum absolute atomic E-state index is 0.105. The minimum Gasteiger partial charge on any atom is -0.444 e. The van der Waals surface area contributed by atoms with Crippen LogP contribution in [0.5, 0.6) is 0 Å². The predicted octanol–water partition coefficient (Wildman–Crippen LogP) is 1.33. The summed E-state index contributed by atoms with van der Waals surface area (Å²) in [4.78, 5) is 53.5. The number of hydrogen-bond donors (Lipinski definition) is 4. The van der Waals surface area contributed by atoms with E-state index in [0.29, 0.717) is 18.4 Å². The van der Waals surface area contributed by atoms with Crippen LogP contribution in [0.2, 0.25) is 0 Å². The van der Waals surface area contributed by atoms with E-state index in [0.717, 1.165) is 4.90 Å². The van der Waals surface area contributed by atoms with Gasteiger partial charge in [0.25, 0.3) is 5.91 Å². The Balaban J connectivity index is 1.54. The SMILES string of the molecule is C=C[C@@H]1C[C@]1(NC(=O)[C@@H]1C[C@@](O)(C2C=CC(F)=C(C)C2)CN1C(=O)CNC(=O)OC(C)(C)C)C(=O)NS(=O)(=O)C1CC1. The van der Waals surface area contributed by atoms with E-state index in [-0.39, 0.29) is 25.8 Å². The van der Waals surface area contributed by atoms with Gasteiger partial charge in [0.2, 0.25) is 21.8 Å². The van der Waals surface area contributed by atoms with E-state index in [9.17, 15) is 37.1 Å². The first-order valence-electron chi connectivity index (χ1n) is 13.9. The molecule has 2 saturated carbocycles. The average molecular weight is 611 g/mol. The van der Waals surface area contributed by atoms with Crippen LogP contribution < -0.4 is 15.4 Å². The molecule has 3 aliphatic carbocycles. The Morgan fingerprint density at radius 2 is 1.90 bits per heavy atom. The van der Waals surface area contributed by atoms with E-state index in [2.05, 4.69) is 21.9 Å². The Labute approximate surface area is 244 Å². The van der Waals surface area contributed by atoms with Crippen molar-refractivity contribution >= 4 is 33.8 Å². The molecule has 0 aromatic heterocycles. The molecule has 3 fully saturated rings. The van der Waals surface area contributed by atoms with Gasteiger partial charge in [-0.05, 0) is 65.0 Å². The first-order valence-corrected chi connectivity index (χ1v) is 15.5. The molecule has 232 valence electrons. The molecule has 1 heterocycles. The van der Waals surface area contributed by atoms with Gasteiger partial charge >= 0.3 is 6.09 Å². The normalized spacial score (nSPS) is 30.9. The molecule has 1 unspecified atom stereocenters. The summed E-state index contributed by atoms with van der Waals surface area (Å²) in [7, 11) is -3.90. The molecule has 1 saturated heterocycles. The summed E-state index contributed by atoms with van der Waals surface area (Å²) in [6.45, 7) is 9.39. The van der Waals surface area contributed by atoms with Gasteiger partial charge in [-0.1, -0.05) is 12.2 Å². The molecule has 42 heavy (non-hydrogen) atoms. The summed E-state index contributed by atoms with van der Waals surface area (Å²) < 4.78 is 46.1. The first-order chi connectivity index (χ1) is 19.4. The quantitative estimate of drug-likeness (QED) is 0.283. The maximum Gasteiger partial charge on any atom is 0.408 e. The molecule has 1 aliphatic heterocycles. The largest absolute Gasteiger partial charge is 0.444 e. The van der Waals surface area contributed by atoms with Crippen LogP contribution in [0.1, 0.15) is 59.8 Å². The number of carbonyl (C=O) groups is 4. The van der Waals surface area contributed by atoms with Gasteiger partial charge in [0.1, 0.15) is 29.6 Å². The fraction of sp³-hybridized carbons (Fsp3) is 0.643. The van der Waals surface area contributed by atoms with Crippen molar-refractivity contribution in [2.45, 2.75) is 87.8 Å². The Bertz CT molecular complexity index is 1350. The van der Waals surface area contributed by atoms with E-state index < -0.39 is 86.1 Å². The van der Waals surface area contributed by atoms with Crippen molar-refractivity contribution in [2.75, 3.05) is 13.1 Å². The number of nitrogens with one attached hydrogen (secondary N) is 3. The summed E-state index contributed by atoms with van der Waals surface area (Å²) in [6, 6.07) is -1.27. The number of β-amino-alcohol motifs (C(OH)–C–C–N with tert-alkyl or cyclic N) is 1. The Morgan fingerprint density at radius 1 is 1.24 bits per heavy atom. The molecule has 14 heteroatoms. The van der Waals surface area contributed by atoms with Crippen molar-refractivity contribution in [3.63, 3.8) is 0 Å². The van der Waals surface area contributed by atoms with Crippen LogP contribution in [0.4, 0.5) is 9.18 Å². The molecular weight excluding hydrogens is 571 g/mol. The summed E-state index contributed by atoms with van der Waals surface area (Å²) >= 11 is 0. The highest BCUT2D eigenvalue weighted by Crippen LogP contribution is 2.46. The molecule has 0 spiro atoms. The second-order valence-electron chi connectivity index (χ2n) is 12.7. The van der Waals surface area contributed by atoms with Crippen molar-refractivity contribution in [1.82, 2.24) is 20.3 Å². The lowest BCUT2D eigenvalue weighted by molar-refractivity contribution is -0.139.